The lowest BCUT2D eigenvalue weighted by molar-refractivity contribution is 0.0690. The maximum atomic E-state index is 11.2. The van der Waals surface area contributed by atoms with Gasteiger partial charge in [0.25, 0.3) is 0 Å². The third-order valence-electron chi connectivity index (χ3n) is 2.34. The summed E-state index contributed by atoms with van der Waals surface area (Å²) in [5.74, 6) is 0.196. The van der Waals surface area contributed by atoms with Crippen molar-refractivity contribution in [3.8, 4) is 0 Å². The van der Waals surface area contributed by atoms with E-state index in [0.717, 1.165) is 5.56 Å². The minimum atomic E-state index is -0.998. The molecule has 2 rings (SSSR count). The third-order valence-corrected chi connectivity index (χ3v) is 3.38. The fourth-order valence-corrected chi connectivity index (χ4v) is 2.60. The Morgan fingerprint density at radius 1 is 1.44 bits per heavy atom. The number of carbonyl (C=O) groups is 1. The highest BCUT2D eigenvalue weighted by atomic mass is 32.2. The number of thioether (sulfide) groups is 1. The molecule has 0 aliphatic rings. The Kier molecular flexibility index (Phi) is 3.66. The van der Waals surface area contributed by atoms with Crippen LogP contribution in [0.15, 0.2) is 28.0 Å². The molecule has 2 aromatic heterocycles. The van der Waals surface area contributed by atoms with Crippen molar-refractivity contribution in [1.29, 1.82) is 0 Å². The molecule has 0 saturated carbocycles. The molecule has 18 heavy (non-hydrogen) atoms. The van der Waals surface area contributed by atoms with Crippen LogP contribution in [-0.4, -0.2) is 21.0 Å². The summed E-state index contributed by atoms with van der Waals surface area (Å²) in [6.07, 6.45) is 3.22. The van der Waals surface area contributed by atoms with Gasteiger partial charge >= 0.3 is 5.97 Å². The first kappa shape index (κ1) is 12.6. The Bertz CT molecular complexity index is 567. The molecule has 0 aromatic carbocycles. The fraction of sp³-hybridized carbons (Fsp3) is 0.250. The molecule has 0 bridgehead atoms. The summed E-state index contributed by atoms with van der Waals surface area (Å²) >= 11 is 1.37. The van der Waals surface area contributed by atoms with Gasteiger partial charge in [0.1, 0.15) is 16.4 Å². The number of aromatic nitrogens is 2. The summed E-state index contributed by atoms with van der Waals surface area (Å²) in [5.41, 5.74) is 1.66. The Hall–Kier alpha value is -1.82. The molecule has 0 spiro atoms. The largest absolute Gasteiger partial charge is 0.478 e. The number of aryl methyl sites for hydroxylation is 2. The standard InChI is InChI=1S/C12H12N2O3S/c1-7-10(12(15)16)11(14-8(2)13-7)18-6-9-3-4-17-5-9/h3-5H,6H2,1-2H3,(H,15,16). The monoisotopic (exact) mass is 264 g/mol. The lowest BCUT2D eigenvalue weighted by Gasteiger charge is -2.07. The molecule has 0 fully saturated rings. The Morgan fingerprint density at radius 2 is 2.22 bits per heavy atom. The predicted octanol–water partition coefficient (Wildman–Crippen LogP) is 2.68. The van der Waals surface area contributed by atoms with E-state index < -0.39 is 5.97 Å². The van der Waals surface area contributed by atoms with Crippen LogP contribution >= 0.6 is 11.8 Å². The molecule has 0 unspecified atom stereocenters. The number of aromatic carboxylic acids is 1. The Balaban J connectivity index is 2.28. The quantitative estimate of drug-likeness (QED) is 0.675. The predicted molar refractivity (Wildman–Crippen MR) is 66.7 cm³/mol. The van der Waals surface area contributed by atoms with Crippen LogP contribution in [0.25, 0.3) is 0 Å². The highest BCUT2D eigenvalue weighted by molar-refractivity contribution is 7.98. The van der Waals surface area contributed by atoms with Gasteiger partial charge in [0.2, 0.25) is 0 Å². The highest BCUT2D eigenvalue weighted by Crippen LogP contribution is 2.26. The number of furan rings is 1. The molecule has 1 N–H and O–H groups in total. The lowest BCUT2D eigenvalue weighted by atomic mass is 10.2. The maximum absolute atomic E-state index is 11.2. The second-order valence-electron chi connectivity index (χ2n) is 3.76. The van der Waals surface area contributed by atoms with Gasteiger partial charge in [0, 0.05) is 11.3 Å². The van der Waals surface area contributed by atoms with Crippen molar-refractivity contribution in [2.45, 2.75) is 24.6 Å². The van der Waals surface area contributed by atoms with E-state index in [0.29, 0.717) is 22.3 Å². The van der Waals surface area contributed by atoms with Crippen molar-refractivity contribution in [3.05, 3.63) is 41.2 Å². The van der Waals surface area contributed by atoms with Crippen LogP contribution in [-0.2, 0) is 5.75 Å². The molecule has 0 saturated heterocycles. The van der Waals surface area contributed by atoms with E-state index in [2.05, 4.69) is 9.97 Å². The second kappa shape index (κ2) is 5.22. The average molecular weight is 264 g/mol. The first-order chi connectivity index (χ1) is 8.58. The summed E-state index contributed by atoms with van der Waals surface area (Å²) < 4.78 is 4.97. The van der Waals surface area contributed by atoms with Gasteiger partial charge in [-0.1, -0.05) is 0 Å². The van der Waals surface area contributed by atoms with E-state index in [1.807, 2.05) is 6.07 Å². The molecule has 5 nitrogen and oxygen atoms in total. The Morgan fingerprint density at radius 3 is 2.83 bits per heavy atom. The van der Waals surface area contributed by atoms with E-state index in [4.69, 9.17) is 4.42 Å². The lowest BCUT2D eigenvalue weighted by Crippen LogP contribution is -2.08. The zero-order valence-corrected chi connectivity index (χ0v) is 10.8. The van der Waals surface area contributed by atoms with Crippen LogP contribution in [0.1, 0.15) is 27.4 Å². The highest BCUT2D eigenvalue weighted by Gasteiger charge is 2.17. The van der Waals surface area contributed by atoms with Gasteiger partial charge in [-0.3, -0.25) is 0 Å². The smallest absolute Gasteiger partial charge is 0.340 e. The van der Waals surface area contributed by atoms with Gasteiger partial charge in [-0.05, 0) is 19.9 Å². The minimum absolute atomic E-state index is 0.175. The summed E-state index contributed by atoms with van der Waals surface area (Å²) in [6.45, 7) is 3.43. The van der Waals surface area contributed by atoms with Crippen molar-refractivity contribution < 1.29 is 14.3 Å². The number of hydrogen-bond donors (Lipinski definition) is 1. The molecule has 6 heteroatoms. The summed E-state index contributed by atoms with van der Waals surface area (Å²) in [6, 6.07) is 1.84. The molecule has 0 atom stereocenters. The van der Waals surface area contributed by atoms with E-state index in [1.165, 1.54) is 11.8 Å². The van der Waals surface area contributed by atoms with Gasteiger partial charge < -0.3 is 9.52 Å². The zero-order valence-electron chi connectivity index (χ0n) is 10.0. The maximum Gasteiger partial charge on any atom is 0.340 e. The van der Waals surface area contributed by atoms with Crippen LogP contribution < -0.4 is 0 Å². The number of rotatable bonds is 4. The first-order valence-corrected chi connectivity index (χ1v) is 6.29. The minimum Gasteiger partial charge on any atom is -0.478 e. The molecule has 0 aliphatic carbocycles. The topological polar surface area (TPSA) is 76.2 Å². The average Bonchev–Trinajstić information content (AvgIpc) is 2.77. The molecule has 0 amide bonds. The third kappa shape index (κ3) is 2.70. The summed E-state index contributed by atoms with van der Waals surface area (Å²) in [5, 5.41) is 9.68. The van der Waals surface area contributed by atoms with Crippen LogP contribution in [0, 0.1) is 13.8 Å². The van der Waals surface area contributed by atoms with Gasteiger partial charge in [0.05, 0.1) is 18.2 Å². The van der Waals surface area contributed by atoms with Crippen LogP contribution in [0.2, 0.25) is 0 Å². The zero-order chi connectivity index (χ0) is 13.1. The van der Waals surface area contributed by atoms with E-state index >= 15 is 0 Å². The van der Waals surface area contributed by atoms with Crippen molar-refractivity contribution in [2.24, 2.45) is 0 Å². The molecule has 2 heterocycles. The SMILES string of the molecule is Cc1nc(C)c(C(=O)O)c(SCc2ccoc2)n1. The number of nitrogens with zero attached hydrogens (tertiary/aromatic N) is 2. The first-order valence-electron chi connectivity index (χ1n) is 5.30. The molecular formula is C12H12N2O3S. The molecular weight excluding hydrogens is 252 g/mol. The normalized spacial score (nSPS) is 10.6. The van der Waals surface area contributed by atoms with E-state index in [1.54, 1.807) is 26.4 Å². The van der Waals surface area contributed by atoms with E-state index in [9.17, 15) is 9.90 Å². The van der Waals surface area contributed by atoms with Crippen LogP contribution in [0.4, 0.5) is 0 Å². The molecule has 0 aliphatic heterocycles. The fourth-order valence-electron chi connectivity index (χ4n) is 1.56. The summed E-state index contributed by atoms with van der Waals surface area (Å²) in [4.78, 5) is 19.5. The summed E-state index contributed by atoms with van der Waals surface area (Å²) in [7, 11) is 0. The molecule has 0 radical (unpaired) electrons. The molecule has 2 aromatic rings. The number of hydrogen-bond acceptors (Lipinski definition) is 5. The van der Waals surface area contributed by atoms with Crippen molar-refractivity contribution in [1.82, 2.24) is 9.97 Å². The van der Waals surface area contributed by atoms with Gasteiger partial charge in [0.15, 0.2) is 0 Å². The number of carboxylic acids is 1. The van der Waals surface area contributed by atoms with Crippen LogP contribution in [0.3, 0.4) is 0 Å². The van der Waals surface area contributed by atoms with Gasteiger partial charge in [-0.15, -0.1) is 11.8 Å². The van der Waals surface area contributed by atoms with Crippen molar-refractivity contribution in [2.75, 3.05) is 0 Å². The van der Waals surface area contributed by atoms with E-state index in [-0.39, 0.29) is 5.56 Å². The van der Waals surface area contributed by atoms with Crippen LogP contribution in [0.5, 0.6) is 0 Å². The number of carboxylic acid groups (broad SMARTS) is 1. The van der Waals surface area contributed by atoms with Crippen molar-refractivity contribution in [3.63, 3.8) is 0 Å². The molecule has 94 valence electrons. The second-order valence-corrected chi connectivity index (χ2v) is 4.73. The van der Waals surface area contributed by atoms with Gasteiger partial charge in [-0.2, -0.15) is 0 Å². The Labute approximate surface area is 108 Å². The van der Waals surface area contributed by atoms with Crippen molar-refractivity contribution >= 4 is 17.7 Å². The van der Waals surface area contributed by atoms with Gasteiger partial charge in [-0.25, -0.2) is 14.8 Å².